The van der Waals surface area contributed by atoms with Gasteiger partial charge in [0.15, 0.2) is 5.96 Å². The van der Waals surface area contributed by atoms with Gasteiger partial charge in [0.25, 0.3) is 0 Å². The molecule has 0 fully saturated rings. The molecule has 0 atom stereocenters. The van der Waals surface area contributed by atoms with Gasteiger partial charge in [-0.3, -0.25) is 4.99 Å². The highest BCUT2D eigenvalue weighted by molar-refractivity contribution is 14.0. The van der Waals surface area contributed by atoms with Crippen molar-refractivity contribution in [3.63, 3.8) is 0 Å². The number of hydrogen-bond donors (Lipinski definition) is 1. The molecular formula is C16H21BrFIN4. The Bertz CT molecular complexity index is 672. The molecule has 0 aliphatic heterocycles. The summed E-state index contributed by atoms with van der Waals surface area (Å²) in [6, 6.07) is 8.99. The molecule has 0 amide bonds. The van der Waals surface area contributed by atoms with Crippen LogP contribution in [0.1, 0.15) is 11.3 Å². The molecule has 0 bridgehead atoms. The summed E-state index contributed by atoms with van der Waals surface area (Å²) in [4.78, 5) is 6.26. The predicted octanol–water partition coefficient (Wildman–Crippen LogP) is 3.75. The highest BCUT2D eigenvalue weighted by Gasteiger charge is 2.10. The van der Waals surface area contributed by atoms with Gasteiger partial charge in [-0.2, -0.15) is 0 Å². The van der Waals surface area contributed by atoms with Crippen molar-refractivity contribution < 1.29 is 4.39 Å². The Balaban J connectivity index is 0.00000264. The van der Waals surface area contributed by atoms with Gasteiger partial charge in [-0.15, -0.1) is 24.0 Å². The second-order valence-electron chi connectivity index (χ2n) is 5.10. The van der Waals surface area contributed by atoms with Crippen molar-refractivity contribution in [2.45, 2.75) is 13.1 Å². The van der Waals surface area contributed by atoms with E-state index >= 15 is 0 Å². The summed E-state index contributed by atoms with van der Waals surface area (Å²) in [5, 5.41) is 3.19. The summed E-state index contributed by atoms with van der Waals surface area (Å²) >= 11 is 3.36. The van der Waals surface area contributed by atoms with E-state index in [1.165, 1.54) is 11.8 Å². The summed E-state index contributed by atoms with van der Waals surface area (Å²) in [6.07, 6.45) is 2.01. The molecule has 0 saturated carbocycles. The number of nitrogens with one attached hydrogen (secondary N) is 1. The molecule has 1 heterocycles. The van der Waals surface area contributed by atoms with E-state index in [2.05, 4.69) is 36.9 Å². The van der Waals surface area contributed by atoms with Gasteiger partial charge in [0.1, 0.15) is 5.82 Å². The van der Waals surface area contributed by atoms with Gasteiger partial charge in [0.2, 0.25) is 0 Å². The van der Waals surface area contributed by atoms with Gasteiger partial charge < -0.3 is 14.8 Å². The van der Waals surface area contributed by atoms with E-state index in [0.717, 1.165) is 17.0 Å². The Morgan fingerprint density at radius 3 is 2.74 bits per heavy atom. The van der Waals surface area contributed by atoms with Gasteiger partial charge >= 0.3 is 0 Å². The lowest BCUT2D eigenvalue weighted by Gasteiger charge is -2.22. The lowest BCUT2D eigenvalue weighted by atomic mass is 10.2. The number of rotatable bonds is 4. The number of benzene rings is 1. The predicted molar refractivity (Wildman–Crippen MR) is 107 cm³/mol. The SMILES string of the molecule is CN=C(NCc1cc(Br)ccc1F)N(C)Cc1cccn1C.I. The zero-order chi connectivity index (χ0) is 16.1. The van der Waals surface area contributed by atoms with Crippen LogP contribution in [-0.4, -0.2) is 29.5 Å². The smallest absolute Gasteiger partial charge is 0.194 e. The van der Waals surface area contributed by atoms with E-state index in [1.807, 2.05) is 31.3 Å². The zero-order valence-electron chi connectivity index (χ0n) is 13.4. The minimum Gasteiger partial charge on any atom is -0.353 e. The average molecular weight is 495 g/mol. The van der Waals surface area contributed by atoms with Crippen molar-refractivity contribution in [2.75, 3.05) is 14.1 Å². The summed E-state index contributed by atoms with van der Waals surface area (Å²) in [5.74, 6) is 0.497. The van der Waals surface area contributed by atoms with E-state index in [-0.39, 0.29) is 29.8 Å². The molecular weight excluding hydrogens is 474 g/mol. The first kappa shape index (κ1) is 20.0. The Labute approximate surface area is 161 Å². The summed E-state index contributed by atoms with van der Waals surface area (Å²) in [6.45, 7) is 1.11. The normalized spacial score (nSPS) is 11.1. The first-order chi connectivity index (χ1) is 10.5. The molecule has 1 aromatic carbocycles. The van der Waals surface area contributed by atoms with E-state index in [0.29, 0.717) is 12.1 Å². The van der Waals surface area contributed by atoms with E-state index < -0.39 is 0 Å². The van der Waals surface area contributed by atoms with Crippen LogP contribution in [0.2, 0.25) is 0 Å². The third kappa shape index (κ3) is 5.49. The van der Waals surface area contributed by atoms with Crippen LogP contribution in [0.4, 0.5) is 4.39 Å². The molecule has 1 aromatic heterocycles. The van der Waals surface area contributed by atoms with Crippen molar-refractivity contribution in [3.05, 3.63) is 58.1 Å². The van der Waals surface area contributed by atoms with Gasteiger partial charge in [0.05, 0.1) is 6.54 Å². The minimum absolute atomic E-state index is 0. The maximum absolute atomic E-state index is 13.8. The largest absolute Gasteiger partial charge is 0.353 e. The number of halogens is 3. The van der Waals surface area contributed by atoms with Crippen molar-refractivity contribution >= 4 is 45.9 Å². The standard InChI is InChI=1S/C16H20BrFN4.HI/c1-19-16(22(3)11-14-5-4-8-21(14)2)20-10-12-9-13(17)6-7-15(12)18;/h4-9H,10-11H2,1-3H3,(H,19,20);1H. The van der Waals surface area contributed by atoms with Crippen LogP contribution in [0.25, 0.3) is 0 Å². The maximum Gasteiger partial charge on any atom is 0.194 e. The zero-order valence-corrected chi connectivity index (χ0v) is 17.3. The Kier molecular flexibility index (Phi) is 8.04. The van der Waals surface area contributed by atoms with Crippen LogP contribution >= 0.6 is 39.9 Å². The number of aliphatic imine (C=N–C) groups is 1. The molecule has 23 heavy (non-hydrogen) atoms. The second kappa shape index (κ2) is 9.27. The molecule has 0 spiro atoms. The van der Waals surface area contributed by atoms with Crippen LogP contribution in [-0.2, 0) is 20.1 Å². The fourth-order valence-corrected chi connectivity index (χ4v) is 2.62. The highest BCUT2D eigenvalue weighted by atomic mass is 127. The average Bonchev–Trinajstić information content (AvgIpc) is 2.88. The number of nitrogens with zero attached hydrogens (tertiary/aromatic N) is 3. The third-order valence-corrected chi connectivity index (χ3v) is 3.96. The lowest BCUT2D eigenvalue weighted by molar-refractivity contribution is 0.460. The van der Waals surface area contributed by atoms with Crippen molar-refractivity contribution in [1.29, 1.82) is 0 Å². The van der Waals surface area contributed by atoms with Crippen LogP contribution in [0.15, 0.2) is 46.0 Å². The highest BCUT2D eigenvalue weighted by Crippen LogP contribution is 2.15. The minimum atomic E-state index is -0.226. The molecule has 0 aliphatic carbocycles. The van der Waals surface area contributed by atoms with Gasteiger partial charge in [-0.05, 0) is 30.3 Å². The Hall–Kier alpha value is -1.09. The quantitative estimate of drug-likeness (QED) is 0.399. The van der Waals surface area contributed by atoms with E-state index in [9.17, 15) is 4.39 Å². The Morgan fingerprint density at radius 2 is 2.13 bits per heavy atom. The number of hydrogen-bond acceptors (Lipinski definition) is 1. The maximum atomic E-state index is 13.8. The summed E-state index contributed by atoms with van der Waals surface area (Å²) in [5.41, 5.74) is 1.78. The summed E-state index contributed by atoms with van der Waals surface area (Å²) < 4.78 is 16.7. The molecule has 0 unspecified atom stereocenters. The monoisotopic (exact) mass is 494 g/mol. The molecule has 0 saturated heterocycles. The van der Waals surface area contributed by atoms with Crippen molar-refractivity contribution in [3.8, 4) is 0 Å². The fourth-order valence-electron chi connectivity index (χ4n) is 2.22. The molecule has 0 radical (unpaired) electrons. The fraction of sp³-hybridized carbons (Fsp3) is 0.312. The Morgan fingerprint density at radius 1 is 1.39 bits per heavy atom. The first-order valence-electron chi connectivity index (χ1n) is 6.97. The van der Waals surface area contributed by atoms with Gasteiger partial charge in [-0.25, -0.2) is 4.39 Å². The van der Waals surface area contributed by atoms with E-state index in [1.54, 1.807) is 19.2 Å². The first-order valence-corrected chi connectivity index (χ1v) is 7.76. The topological polar surface area (TPSA) is 32.6 Å². The molecule has 126 valence electrons. The summed E-state index contributed by atoms with van der Waals surface area (Å²) in [7, 11) is 5.69. The number of aryl methyl sites for hydroxylation is 1. The molecule has 2 aromatic rings. The number of guanidine groups is 1. The molecule has 4 nitrogen and oxygen atoms in total. The van der Waals surface area contributed by atoms with Crippen molar-refractivity contribution in [1.82, 2.24) is 14.8 Å². The molecule has 0 aliphatic rings. The number of aromatic nitrogens is 1. The third-order valence-electron chi connectivity index (χ3n) is 3.47. The molecule has 2 rings (SSSR count). The molecule has 7 heteroatoms. The van der Waals surface area contributed by atoms with Crippen molar-refractivity contribution in [2.24, 2.45) is 12.0 Å². The van der Waals surface area contributed by atoms with Gasteiger partial charge in [0, 0.05) is 49.6 Å². The lowest BCUT2D eigenvalue weighted by Crippen LogP contribution is -2.38. The van der Waals surface area contributed by atoms with Crippen LogP contribution < -0.4 is 5.32 Å². The second-order valence-corrected chi connectivity index (χ2v) is 6.02. The molecule has 1 N–H and O–H groups in total. The van der Waals surface area contributed by atoms with Crippen LogP contribution in [0.3, 0.4) is 0 Å². The van der Waals surface area contributed by atoms with Gasteiger partial charge in [-0.1, -0.05) is 15.9 Å². The van der Waals surface area contributed by atoms with E-state index in [4.69, 9.17) is 0 Å². The van der Waals surface area contributed by atoms with Crippen LogP contribution in [0, 0.1) is 5.82 Å². The van der Waals surface area contributed by atoms with Crippen LogP contribution in [0.5, 0.6) is 0 Å².